The highest BCUT2D eigenvalue weighted by molar-refractivity contribution is 5.13. The lowest BCUT2D eigenvalue weighted by Gasteiger charge is -2.10. The molecule has 0 aromatic heterocycles. The summed E-state index contributed by atoms with van der Waals surface area (Å²) in [5.74, 6) is 0.656. The molecule has 1 aliphatic carbocycles. The Bertz CT molecular complexity index is 362. The number of rotatable bonds is 4. The van der Waals surface area contributed by atoms with E-state index in [0.29, 0.717) is 24.2 Å². The maximum absolute atomic E-state index is 5.92. The van der Waals surface area contributed by atoms with Crippen molar-refractivity contribution in [3.05, 3.63) is 35.9 Å². The van der Waals surface area contributed by atoms with Gasteiger partial charge >= 0.3 is 0 Å². The van der Waals surface area contributed by atoms with E-state index < -0.39 is 0 Å². The van der Waals surface area contributed by atoms with Crippen molar-refractivity contribution in [2.45, 2.75) is 51.1 Å². The van der Waals surface area contributed by atoms with E-state index in [0.717, 1.165) is 6.61 Å². The zero-order chi connectivity index (χ0) is 11.7. The molecule has 0 amide bonds. The first-order valence-corrected chi connectivity index (χ1v) is 6.64. The first kappa shape index (κ1) is 11.2. The minimum absolute atomic E-state index is 0.436. The van der Waals surface area contributed by atoms with Crippen LogP contribution in [0.1, 0.15) is 31.7 Å². The van der Waals surface area contributed by atoms with Crippen molar-refractivity contribution in [3.63, 3.8) is 0 Å². The summed E-state index contributed by atoms with van der Waals surface area (Å²) >= 11 is 0. The molecule has 2 aliphatic rings. The van der Waals surface area contributed by atoms with Crippen LogP contribution in [0.3, 0.4) is 0 Å². The van der Waals surface area contributed by atoms with Gasteiger partial charge in [0.2, 0.25) is 0 Å². The summed E-state index contributed by atoms with van der Waals surface area (Å²) in [6.45, 7) is 2.91. The van der Waals surface area contributed by atoms with Crippen LogP contribution in [0.4, 0.5) is 0 Å². The summed E-state index contributed by atoms with van der Waals surface area (Å²) < 4.78 is 11.8. The van der Waals surface area contributed by atoms with E-state index in [-0.39, 0.29) is 0 Å². The predicted molar refractivity (Wildman–Crippen MR) is 66.7 cm³/mol. The SMILES string of the molecule is CC1CC[C@H](C2CC2OCc2ccccc2)O1. The molecule has 2 nitrogen and oxygen atoms in total. The topological polar surface area (TPSA) is 18.5 Å². The van der Waals surface area contributed by atoms with Gasteiger partial charge in [-0.05, 0) is 31.7 Å². The van der Waals surface area contributed by atoms with Crippen LogP contribution in [0.5, 0.6) is 0 Å². The largest absolute Gasteiger partial charge is 0.375 e. The molecule has 0 bridgehead atoms. The Balaban J connectivity index is 1.44. The quantitative estimate of drug-likeness (QED) is 0.794. The molecule has 1 saturated carbocycles. The van der Waals surface area contributed by atoms with E-state index in [1.54, 1.807) is 0 Å². The molecule has 0 radical (unpaired) electrons. The molecule has 2 fully saturated rings. The van der Waals surface area contributed by atoms with E-state index in [4.69, 9.17) is 9.47 Å². The summed E-state index contributed by atoms with van der Waals surface area (Å²) in [6, 6.07) is 10.4. The van der Waals surface area contributed by atoms with Crippen molar-refractivity contribution in [1.29, 1.82) is 0 Å². The van der Waals surface area contributed by atoms with Crippen LogP contribution >= 0.6 is 0 Å². The second-order valence-electron chi connectivity index (χ2n) is 5.30. The van der Waals surface area contributed by atoms with Gasteiger partial charge in [-0.1, -0.05) is 30.3 Å². The van der Waals surface area contributed by atoms with E-state index in [9.17, 15) is 0 Å². The minimum Gasteiger partial charge on any atom is -0.375 e. The van der Waals surface area contributed by atoms with E-state index in [1.807, 2.05) is 6.07 Å². The van der Waals surface area contributed by atoms with Gasteiger partial charge in [0.25, 0.3) is 0 Å². The van der Waals surface area contributed by atoms with Gasteiger partial charge in [-0.3, -0.25) is 0 Å². The van der Waals surface area contributed by atoms with Gasteiger partial charge in [-0.2, -0.15) is 0 Å². The van der Waals surface area contributed by atoms with Crippen LogP contribution in [0.15, 0.2) is 30.3 Å². The highest BCUT2D eigenvalue weighted by atomic mass is 16.5. The standard InChI is InChI=1S/C15H20O2/c1-11-7-8-14(17-11)13-9-15(13)16-10-12-5-3-2-4-6-12/h2-6,11,13-15H,7-10H2,1H3/t11?,13?,14-,15?/m1/s1. The lowest BCUT2D eigenvalue weighted by Crippen LogP contribution is -2.14. The molecule has 3 rings (SSSR count). The summed E-state index contributed by atoms with van der Waals surface area (Å²) in [4.78, 5) is 0. The second kappa shape index (κ2) is 4.79. The Morgan fingerprint density at radius 2 is 2.06 bits per heavy atom. The highest BCUT2D eigenvalue weighted by Crippen LogP contribution is 2.43. The predicted octanol–water partition coefficient (Wildman–Crippen LogP) is 3.16. The summed E-state index contributed by atoms with van der Waals surface area (Å²) in [5.41, 5.74) is 1.26. The molecule has 92 valence electrons. The van der Waals surface area contributed by atoms with Crippen LogP contribution in [-0.4, -0.2) is 18.3 Å². The van der Waals surface area contributed by atoms with Gasteiger partial charge < -0.3 is 9.47 Å². The molecule has 4 atom stereocenters. The van der Waals surface area contributed by atoms with E-state index in [1.165, 1.54) is 24.8 Å². The normalized spacial score (nSPS) is 36.1. The summed E-state index contributed by atoms with van der Waals surface area (Å²) in [6.07, 6.45) is 4.97. The maximum atomic E-state index is 5.92. The third kappa shape index (κ3) is 2.70. The number of ether oxygens (including phenoxy) is 2. The van der Waals surface area contributed by atoms with Crippen LogP contribution in [0.2, 0.25) is 0 Å². The molecule has 0 spiro atoms. The minimum atomic E-state index is 0.436. The lowest BCUT2D eigenvalue weighted by molar-refractivity contribution is 0.0177. The smallest absolute Gasteiger partial charge is 0.0720 e. The zero-order valence-electron chi connectivity index (χ0n) is 10.3. The van der Waals surface area contributed by atoms with Gasteiger partial charge in [0, 0.05) is 5.92 Å². The van der Waals surface area contributed by atoms with Crippen LogP contribution in [-0.2, 0) is 16.1 Å². The monoisotopic (exact) mass is 232 g/mol. The van der Waals surface area contributed by atoms with E-state index in [2.05, 4.69) is 31.2 Å². The van der Waals surface area contributed by atoms with Crippen molar-refractivity contribution in [1.82, 2.24) is 0 Å². The fourth-order valence-electron chi connectivity index (χ4n) is 2.70. The van der Waals surface area contributed by atoms with Crippen molar-refractivity contribution in [2.24, 2.45) is 5.92 Å². The molecule has 0 N–H and O–H groups in total. The summed E-state index contributed by atoms with van der Waals surface area (Å²) in [5, 5.41) is 0. The molecule has 17 heavy (non-hydrogen) atoms. The highest BCUT2D eigenvalue weighted by Gasteiger charge is 2.46. The second-order valence-corrected chi connectivity index (χ2v) is 5.30. The van der Waals surface area contributed by atoms with Crippen molar-refractivity contribution in [3.8, 4) is 0 Å². The van der Waals surface area contributed by atoms with Crippen molar-refractivity contribution in [2.75, 3.05) is 0 Å². The van der Waals surface area contributed by atoms with Gasteiger partial charge in [0.05, 0.1) is 24.9 Å². The van der Waals surface area contributed by atoms with Gasteiger partial charge in [0.15, 0.2) is 0 Å². The van der Waals surface area contributed by atoms with E-state index >= 15 is 0 Å². The maximum Gasteiger partial charge on any atom is 0.0720 e. The van der Waals surface area contributed by atoms with Gasteiger partial charge in [-0.25, -0.2) is 0 Å². The Kier molecular flexibility index (Phi) is 3.17. The molecule has 2 heteroatoms. The molecular formula is C15H20O2. The summed E-state index contributed by atoms with van der Waals surface area (Å²) in [7, 11) is 0. The molecule has 1 saturated heterocycles. The first-order valence-electron chi connectivity index (χ1n) is 6.64. The number of hydrogen-bond acceptors (Lipinski definition) is 2. The number of benzene rings is 1. The average Bonchev–Trinajstić information content (AvgIpc) is 3.02. The fraction of sp³-hybridized carbons (Fsp3) is 0.600. The van der Waals surface area contributed by atoms with Crippen molar-refractivity contribution >= 4 is 0 Å². The Morgan fingerprint density at radius 3 is 2.76 bits per heavy atom. The number of hydrogen-bond donors (Lipinski definition) is 0. The van der Waals surface area contributed by atoms with Crippen LogP contribution < -0.4 is 0 Å². The average molecular weight is 232 g/mol. The molecular weight excluding hydrogens is 212 g/mol. The van der Waals surface area contributed by atoms with Crippen LogP contribution in [0, 0.1) is 5.92 Å². The van der Waals surface area contributed by atoms with Crippen LogP contribution in [0.25, 0.3) is 0 Å². The fourth-order valence-corrected chi connectivity index (χ4v) is 2.70. The van der Waals surface area contributed by atoms with Gasteiger partial charge in [-0.15, -0.1) is 0 Å². The molecule has 1 aromatic rings. The molecule has 3 unspecified atom stereocenters. The Hall–Kier alpha value is -0.860. The molecule has 1 aliphatic heterocycles. The third-order valence-corrected chi connectivity index (χ3v) is 3.83. The third-order valence-electron chi connectivity index (χ3n) is 3.83. The first-order chi connectivity index (χ1) is 8.33. The van der Waals surface area contributed by atoms with Gasteiger partial charge in [0.1, 0.15) is 0 Å². The Labute approximate surface area is 103 Å². The lowest BCUT2D eigenvalue weighted by atomic mass is 10.1. The molecule has 1 aromatic carbocycles. The zero-order valence-corrected chi connectivity index (χ0v) is 10.3. The molecule has 1 heterocycles. The van der Waals surface area contributed by atoms with Crippen molar-refractivity contribution < 1.29 is 9.47 Å². The Morgan fingerprint density at radius 1 is 1.24 bits per heavy atom.